The van der Waals surface area contributed by atoms with Gasteiger partial charge in [0.05, 0.1) is 0 Å². The maximum absolute atomic E-state index is 12.0. The van der Waals surface area contributed by atoms with Crippen LogP contribution in [0.15, 0.2) is 48.8 Å². The van der Waals surface area contributed by atoms with Gasteiger partial charge in [0.25, 0.3) is 5.91 Å². The lowest BCUT2D eigenvalue weighted by Crippen LogP contribution is -2.36. The van der Waals surface area contributed by atoms with E-state index >= 15 is 0 Å². The molecule has 1 N–H and O–H groups in total. The SMILES string of the molecule is Cc1ccccc1O[C@H](C)C(=O)NCc1cccnc1. The van der Waals surface area contributed by atoms with Crippen LogP contribution in [0.5, 0.6) is 5.75 Å². The molecular weight excluding hydrogens is 252 g/mol. The molecule has 4 heteroatoms. The lowest BCUT2D eigenvalue weighted by molar-refractivity contribution is -0.127. The Kier molecular flexibility index (Phi) is 4.71. The van der Waals surface area contributed by atoms with Crippen molar-refractivity contribution in [1.82, 2.24) is 10.3 Å². The van der Waals surface area contributed by atoms with Crippen molar-refractivity contribution in [1.29, 1.82) is 0 Å². The summed E-state index contributed by atoms with van der Waals surface area (Å²) in [5.74, 6) is 0.591. The van der Waals surface area contributed by atoms with Crippen molar-refractivity contribution in [3.8, 4) is 5.75 Å². The molecule has 0 aliphatic heterocycles. The number of aromatic nitrogens is 1. The van der Waals surface area contributed by atoms with E-state index in [1.165, 1.54) is 0 Å². The van der Waals surface area contributed by atoms with Gasteiger partial charge in [0.2, 0.25) is 0 Å². The zero-order chi connectivity index (χ0) is 14.4. The summed E-state index contributed by atoms with van der Waals surface area (Å²) >= 11 is 0. The van der Waals surface area contributed by atoms with Crippen LogP contribution in [0.3, 0.4) is 0 Å². The minimum Gasteiger partial charge on any atom is -0.481 e. The number of ether oxygens (including phenoxy) is 1. The van der Waals surface area contributed by atoms with Gasteiger partial charge in [0.15, 0.2) is 6.10 Å². The molecule has 2 rings (SSSR count). The van der Waals surface area contributed by atoms with Crippen molar-refractivity contribution in [2.45, 2.75) is 26.5 Å². The number of aryl methyl sites for hydroxylation is 1. The van der Waals surface area contributed by atoms with E-state index < -0.39 is 6.10 Å². The lowest BCUT2D eigenvalue weighted by atomic mass is 10.2. The molecule has 0 unspecified atom stereocenters. The van der Waals surface area contributed by atoms with Crippen molar-refractivity contribution in [3.63, 3.8) is 0 Å². The summed E-state index contributed by atoms with van der Waals surface area (Å²) in [5.41, 5.74) is 1.98. The highest BCUT2D eigenvalue weighted by atomic mass is 16.5. The quantitative estimate of drug-likeness (QED) is 0.908. The first-order valence-corrected chi connectivity index (χ1v) is 6.55. The van der Waals surface area contributed by atoms with Gasteiger partial charge < -0.3 is 10.1 Å². The summed E-state index contributed by atoms with van der Waals surface area (Å²) in [6.07, 6.45) is 2.90. The number of hydrogen-bond donors (Lipinski definition) is 1. The first kappa shape index (κ1) is 14.1. The van der Waals surface area contributed by atoms with Crippen molar-refractivity contribution in [2.75, 3.05) is 0 Å². The highest BCUT2D eigenvalue weighted by Gasteiger charge is 2.14. The molecule has 1 aromatic carbocycles. The van der Waals surface area contributed by atoms with Crippen molar-refractivity contribution >= 4 is 5.91 Å². The summed E-state index contributed by atoms with van der Waals surface area (Å²) in [7, 11) is 0. The van der Waals surface area contributed by atoms with Crippen molar-refractivity contribution < 1.29 is 9.53 Å². The summed E-state index contributed by atoms with van der Waals surface area (Å²) in [4.78, 5) is 16.0. The van der Waals surface area contributed by atoms with Crippen LogP contribution in [-0.2, 0) is 11.3 Å². The first-order valence-electron chi connectivity index (χ1n) is 6.55. The number of pyridine rings is 1. The summed E-state index contributed by atoms with van der Waals surface area (Å²) in [6, 6.07) is 11.4. The van der Waals surface area contributed by atoms with Gasteiger partial charge in [-0.05, 0) is 37.1 Å². The van der Waals surface area contributed by atoms with Crippen LogP contribution in [0.1, 0.15) is 18.1 Å². The zero-order valence-electron chi connectivity index (χ0n) is 11.7. The fourth-order valence-electron chi connectivity index (χ4n) is 1.77. The van der Waals surface area contributed by atoms with Gasteiger partial charge in [-0.2, -0.15) is 0 Å². The second kappa shape index (κ2) is 6.70. The Labute approximate surface area is 118 Å². The molecule has 2 aromatic rings. The van der Waals surface area contributed by atoms with E-state index in [2.05, 4.69) is 10.3 Å². The monoisotopic (exact) mass is 270 g/mol. The van der Waals surface area contributed by atoms with E-state index in [9.17, 15) is 4.79 Å². The molecule has 1 atom stereocenters. The molecule has 0 saturated carbocycles. The van der Waals surface area contributed by atoms with Crippen LogP contribution >= 0.6 is 0 Å². The van der Waals surface area contributed by atoms with E-state index in [4.69, 9.17) is 4.74 Å². The molecular formula is C16H18N2O2. The fourth-order valence-corrected chi connectivity index (χ4v) is 1.77. The molecule has 1 heterocycles. The predicted octanol–water partition coefficient (Wildman–Crippen LogP) is 2.47. The van der Waals surface area contributed by atoms with Gasteiger partial charge >= 0.3 is 0 Å². The molecule has 104 valence electrons. The third-order valence-corrected chi connectivity index (χ3v) is 2.96. The molecule has 1 amide bonds. The highest BCUT2D eigenvalue weighted by Crippen LogP contribution is 2.17. The van der Waals surface area contributed by atoms with Gasteiger partial charge in [0, 0.05) is 18.9 Å². The number of amides is 1. The molecule has 0 radical (unpaired) electrons. The maximum atomic E-state index is 12.0. The molecule has 1 aromatic heterocycles. The zero-order valence-corrected chi connectivity index (χ0v) is 11.7. The Morgan fingerprint density at radius 1 is 1.30 bits per heavy atom. The van der Waals surface area contributed by atoms with Gasteiger partial charge in [-0.3, -0.25) is 9.78 Å². The Balaban J connectivity index is 1.88. The van der Waals surface area contributed by atoms with E-state index in [1.54, 1.807) is 19.3 Å². The fraction of sp³-hybridized carbons (Fsp3) is 0.250. The van der Waals surface area contributed by atoms with Gasteiger partial charge in [-0.1, -0.05) is 24.3 Å². The van der Waals surface area contributed by atoms with Gasteiger partial charge in [-0.15, -0.1) is 0 Å². The number of rotatable bonds is 5. The average Bonchev–Trinajstić information content (AvgIpc) is 2.48. The smallest absolute Gasteiger partial charge is 0.261 e. The van der Waals surface area contributed by atoms with Crippen LogP contribution in [0.4, 0.5) is 0 Å². The van der Waals surface area contributed by atoms with Crippen LogP contribution in [0, 0.1) is 6.92 Å². The van der Waals surface area contributed by atoms with E-state index in [0.717, 1.165) is 16.9 Å². The van der Waals surface area contributed by atoms with Crippen molar-refractivity contribution in [2.24, 2.45) is 0 Å². The Hall–Kier alpha value is -2.36. The van der Waals surface area contributed by atoms with Crippen LogP contribution in [0.25, 0.3) is 0 Å². The molecule has 0 saturated heterocycles. The number of nitrogens with zero attached hydrogens (tertiary/aromatic N) is 1. The van der Waals surface area contributed by atoms with E-state index in [-0.39, 0.29) is 5.91 Å². The summed E-state index contributed by atoms with van der Waals surface area (Å²) < 4.78 is 5.67. The van der Waals surface area contributed by atoms with Crippen LogP contribution in [-0.4, -0.2) is 17.0 Å². The molecule has 0 aliphatic carbocycles. The van der Waals surface area contributed by atoms with Crippen LogP contribution in [0.2, 0.25) is 0 Å². The minimum absolute atomic E-state index is 0.142. The number of hydrogen-bond acceptors (Lipinski definition) is 3. The molecule has 20 heavy (non-hydrogen) atoms. The maximum Gasteiger partial charge on any atom is 0.261 e. The minimum atomic E-state index is -0.534. The molecule has 0 fully saturated rings. The number of para-hydroxylation sites is 1. The second-order valence-corrected chi connectivity index (χ2v) is 4.60. The second-order valence-electron chi connectivity index (χ2n) is 4.60. The topological polar surface area (TPSA) is 51.2 Å². The largest absolute Gasteiger partial charge is 0.481 e. The molecule has 0 spiro atoms. The van der Waals surface area contributed by atoms with Crippen molar-refractivity contribution in [3.05, 3.63) is 59.9 Å². The number of nitrogens with one attached hydrogen (secondary N) is 1. The third kappa shape index (κ3) is 3.82. The summed E-state index contributed by atoms with van der Waals surface area (Å²) in [5, 5.41) is 2.83. The Morgan fingerprint density at radius 2 is 2.10 bits per heavy atom. The normalized spacial score (nSPS) is 11.7. The number of carbonyl (C=O) groups is 1. The lowest BCUT2D eigenvalue weighted by Gasteiger charge is -2.16. The van der Waals surface area contributed by atoms with E-state index in [0.29, 0.717) is 6.54 Å². The predicted molar refractivity (Wildman–Crippen MR) is 77.4 cm³/mol. The van der Waals surface area contributed by atoms with Gasteiger partial charge in [0.1, 0.15) is 5.75 Å². The average molecular weight is 270 g/mol. The Morgan fingerprint density at radius 3 is 2.80 bits per heavy atom. The standard InChI is InChI=1S/C16H18N2O2/c1-12-6-3-4-8-15(12)20-13(2)16(19)18-11-14-7-5-9-17-10-14/h3-10,13H,11H2,1-2H3,(H,18,19)/t13-/m1/s1. The van der Waals surface area contributed by atoms with E-state index in [1.807, 2.05) is 43.3 Å². The van der Waals surface area contributed by atoms with Gasteiger partial charge in [-0.25, -0.2) is 0 Å². The Bertz CT molecular complexity index is 570. The highest BCUT2D eigenvalue weighted by molar-refractivity contribution is 5.80. The van der Waals surface area contributed by atoms with Crippen LogP contribution < -0.4 is 10.1 Å². The number of benzene rings is 1. The molecule has 0 bridgehead atoms. The third-order valence-electron chi connectivity index (χ3n) is 2.96. The number of carbonyl (C=O) groups excluding carboxylic acids is 1. The summed E-state index contributed by atoms with van der Waals surface area (Å²) in [6.45, 7) is 4.15. The first-order chi connectivity index (χ1) is 9.66. The molecule has 4 nitrogen and oxygen atoms in total. The molecule has 0 aliphatic rings.